The third-order valence-corrected chi connectivity index (χ3v) is 6.72. The number of methoxy groups -OCH3 is 1. The van der Waals surface area contributed by atoms with E-state index in [4.69, 9.17) is 9.47 Å². The van der Waals surface area contributed by atoms with Crippen LogP contribution in [0.5, 0.6) is 0 Å². The van der Waals surface area contributed by atoms with Crippen molar-refractivity contribution in [1.82, 2.24) is 4.98 Å². The van der Waals surface area contributed by atoms with Crippen molar-refractivity contribution >= 4 is 16.9 Å². The summed E-state index contributed by atoms with van der Waals surface area (Å²) >= 11 is 0. The SMILES string of the molecule is COC(=O)C1=CO[C@@H](C)[C@H]2C[NH+]3CCc4c([nH]c5ccccc45)C3CC12.[HH].[HH]. The number of esters is 1. The lowest BCUT2D eigenvalue weighted by molar-refractivity contribution is -0.944. The van der Waals surface area contributed by atoms with Gasteiger partial charge in [0.25, 0.3) is 0 Å². The second-order valence-corrected chi connectivity index (χ2v) is 7.89. The Morgan fingerprint density at radius 1 is 1.38 bits per heavy atom. The van der Waals surface area contributed by atoms with Crippen molar-refractivity contribution in [3.8, 4) is 0 Å². The molecule has 1 aromatic carbocycles. The number of ether oxygens (including phenoxy) is 2. The first-order chi connectivity index (χ1) is 12.7. The average molecular weight is 357 g/mol. The molecule has 0 aliphatic carbocycles. The van der Waals surface area contributed by atoms with Gasteiger partial charge in [0.15, 0.2) is 0 Å². The standard InChI is InChI=1S/C21H24N2O3.2H2/c1-12-16-10-23-8-7-14-13-5-3-4-6-18(13)22-20(14)19(23)9-15(16)17(11-26-12)21(24)25-2;;/h3-6,11-12,15-16,19,22H,7-10H2,1-2H3;2*1H/p+1/t12-,15?,16+,19?;;/m0../s1. The summed E-state index contributed by atoms with van der Waals surface area (Å²) in [5.74, 6) is 0.326. The lowest BCUT2D eigenvalue weighted by Crippen LogP contribution is -3.15. The fourth-order valence-electron chi connectivity index (χ4n) is 5.39. The third-order valence-electron chi connectivity index (χ3n) is 6.72. The average Bonchev–Trinajstić information content (AvgIpc) is 3.06. The van der Waals surface area contributed by atoms with Crippen LogP contribution in [-0.2, 0) is 20.7 Å². The number of hydrogen-bond acceptors (Lipinski definition) is 3. The van der Waals surface area contributed by atoms with Gasteiger partial charge in [-0.25, -0.2) is 4.79 Å². The van der Waals surface area contributed by atoms with Gasteiger partial charge in [0.1, 0.15) is 12.1 Å². The summed E-state index contributed by atoms with van der Waals surface area (Å²) in [5, 5.41) is 1.35. The van der Waals surface area contributed by atoms with Crippen molar-refractivity contribution in [2.75, 3.05) is 20.2 Å². The zero-order valence-electron chi connectivity index (χ0n) is 15.2. The lowest BCUT2D eigenvalue weighted by Gasteiger charge is -2.46. The van der Waals surface area contributed by atoms with E-state index in [0.29, 0.717) is 17.5 Å². The molecule has 5 nitrogen and oxygen atoms in total. The monoisotopic (exact) mass is 357 g/mol. The molecule has 3 unspecified atom stereocenters. The number of H-pyrrole nitrogens is 1. The second-order valence-electron chi connectivity index (χ2n) is 7.89. The minimum absolute atomic E-state index is 0. The van der Waals surface area contributed by atoms with Crippen LogP contribution in [0.2, 0.25) is 0 Å². The quantitative estimate of drug-likeness (QED) is 0.770. The van der Waals surface area contributed by atoms with E-state index in [0.717, 1.165) is 25.9 Å². The number of hydrogen-bond donors (Lipinski definition) is 2. The molecular weight excluding hydrogens is 328 g/mol. The number of quaternary nitrogens is 1. The number of aromatic nitrogens is 1. The van der Waals surface area contributed by atoms with Gasteiger partial charge in [0.05, 0.1) is 43.6 Å². The van der Waals surface area contributed by atoms with E-state index in [2.05, 4.69) is 36.2 Å². The van der Waals surface area contributed by atoms with Crippen molar-refractivity contribution in [1.29, 1.82) is 0 Å². The van der Waals surface area contributed by atoms with E-state index >= 15 is 0 Å². The Morgan fingerprint density at radius 2 is 2.23 bits per heavy atom. The Kier molecular flexibility index (Phi) is 3.60. The van der Waals surface area contributed by atoms with Crippen LogP contribution in [0.1, 0.15) is 33.5 Å². The van der Waals surface area contributed by atoms with E-state index in [1.165, 1.54) is 29.3 Å². The van der Waals surface area contributed by atoms with Gasteiger partial charge in [-0.2, -0.15) is 0 Å². The van der Waals surface area contributed by atoms with Gasteiger partial charge < -0.3 is 19.4 Å². The summed E-state index contributed by atoms with van der Waals surface area (Å²) < 4.78 is 10.8. The molecule has 1 fully saturated rings. The van der Waals surface area contributed by atoms with E-state index < -0.39 is 0 Å². The number of rotatable bonds is 1. The highest BCUT2D eigenvalue weighted by Crippen LogP contribution is 2.41. The van der Waals surface area contributed by atoms with Crippen LogP contribution in [0.25, 0.3) is 10.9 Å². The summed E-state index contributed by atoms with van der Waals surface area (Å²) in [6.07, 6.45) is 3.87. The van der Waals surface area contributed by atoms with Crippen LogP contribution in [0.4, 0.5) is 0 Å². The van der Waals surface area contributed by atoms with Crippen LogP contribution in [-0.4, -0.2) is 37.3 Å². The first kappa shape index (κ1) is 15.9. The number of nitrogens with one attached hydrogen (secondary N) is 2. The number of benzene rings is 1. The molecule has 2 aromatic rings. The molecular formula is C21H29N2O3+. The zero-order valence-corrected chi connectivity index (χ0v) is 15.2. The zero-order chi connectivity index (χ0) is 17.8. The smallest absolute Gasteiger partial charge is 0.337 e. The maximum absolute atomic E-state index is 12.3. The molecule has 5 atom stereocenters. The Labute approximate surface area is 155 Å². The van der Waals surface area contributed by atoms with Crippen molar-refractivity contribution in [3.05, 3.63) is 47.4 Å². The molecule has 0 bridgehead atoms. The molecule has 1 aromatic heterocycles. The summed E-state index contributed by atoms with van der Waals surface area (Å²) in [7, 11) is 1.45. The molecule has 140 valence electrons. The minimum atomic E-state index is -0.247. The molecule has 5 rings (SSSR count). The Balaban J connectivity index is 0.00000112. The predicted molar refractivity (Wildman–Crippen MR) is 102 cm³/mol. The fraction of sp³-hybridized carbons (Fsp3) is 0.476. The van der Waals surface area contributed by atoms with Gasteiger partial charge in [-0.1, -0.05) is 18.2 Å². The highest BCUT2D eigenvalue weighted by atomic mass is 16.5. The number of carbonyl (C=O) groups excluding carboxylic acids is 1. The first-order valence-electron chi connectivity index (χ1n) is 9.55. The molecule has 3 aliphatic rings. The van der Waals surface area contributed by atoms with Crippen LogP contribution in [0.3, 0.4) is 0 Å². The predicted octanol–water partition coefficient (Wildman–Crippen LogP) is 2.25. The van der Waals surface area contributed by atoms with E-state index in [1.807, 2.05) is 0 Å². The summed E-state index contributed by atoms with van der Waals surface area (Å²) in [5.41, 5.74) is 4.77. The molecule has 26 heavy (non-hydrogen) atoms. The maximum Gasteiger partial charge on any atom is 0.337 e. The summed E-state index contributed by atoms with van der Waals surface area (Å²) in [6, 6.07) is 8.99. The molecule has 4 heterocycles. The van der Waals surface area contributed by atoms with Crippen molar-refractivity contribution in [2.45, 2.75) is 31.9 Å². The van der Waals surface area contributed by atoms with Crippen molar-refractivity contribution in [3.63, 3.8) is 0 Å². The fourth-order valence-corrected chi connectivity index (χ4v) is 5.39. The van der Waals surface area contributed by atoms with E-state index in [9.17, 15) is 4.79 Å². The first-order valence-corrected chi connectivity index (χ1v) is 9.55. The van der Waals surface area contributed by atoms with E-state index in [1.54, 1.807) is 11.2 Å². The second kappa shape index (κ2) is 5.88. The van der Waals surface area contributed by atoms with Gasteiger partial charge in [0.2, 0.25) is 0 Å². The summed E-state index contributed by atoms with van der Waals surface area (Å²) in [4.78, 5) is 17.6. The van der Waals surface area contributed by atoms with Crippen LogP contribution >= 0.6 is 0 Å². The van der Waals surface area contributed by atoms with Gasteiger partial charge in [0, 0.05) is 32.5 Å². The Morgan fingerprint density at radius 3 is 3.08 bits per heavy atom. The third kappa shape index (κ3) is 2.23. The maximum atomic E-state index is 12.3. The Bertz CT molecular complexity index is 910. The Hall–Kier alpha value is -2.27. The summed E-state index contributed by atoms with van der Waals surface area (Å²) in [6.45, 7) is 4.31. The minimum Gasteiger partial charge on any atom is -0.497 e. The van der Waals surface area contributed by atoms with Gasteiger partial charge in [-0.3, -0.25) is 0 Å². The highest BCUT2D eigenvalue weighted by molar-refractivity contribution is 5.89. The van der Waals surface area contributed by atoms with Crippen LogP contribution < -0.4 is 4.90 Å². The molecule has 0 saturated carbocycles. The largest absolute Gasteiger partial charge is 0.497 e. The van der Waals surface area contributed by atoms with E-state index in [-0.39, 0.29) is 20.8 Å². The molecule has 3 aliphatic heterocycles. The van der Waals surface area contributed by atoms with Gasteiger partial charge in [-0.05, 0) is 18.6 Å². The highest BCUT2D eigenvalue weighted by Gasteiger charge is 2.49. The number of piperidine rings is 1. The van der Waals surface area contributed by atoms with Crippen LogP contribution in [0.15, 0.2) is 36.1 Å². The van der Waals surface area contributed by atoms with Gasteiger partial charge >= 0.3 is 5.97 Å². The molecule has 0 radical (unpaired) electrons. The molecule has 0 amide bonds. The van der Waals surface area contributed by atoms with Crippen molar-refractivity contribution < 1.29 is 22.0 Å². The van der Waals surface area contributed by atoms with Gasteiger partial charge in [-0.15, -0.1) is 0 Å². The normalized spacial score (nSPS) is 32.7. The number of para-hydroxylation sites is 1. The number of carbonyl (C=O) groups is 1. The lowest BCUT2D eigenvalue weighted by atomic mass is 9.72. The number of aromatic amines is 1. The topological polar surface area (TPSA) is 55.8 Å². The van der Waals surface area contributed by atoms with Crippen LogP contribution in [0, 0.1) is 11.8 Å². The van der Waals surface area contributed by atoms with Crippen molar-refractivity contribution in [2.24, 2.45) is 11.8 Å². The molecule has 5 heteroatoms. The number of fused-ring (bicyclic) bond motifs is 6. The molecule has 2 N–H and O–H groups in total. The molecule has 0 spiro atoms. The molecule has 1 saturated heterocycles.